The predicted molar refractivity (Wildman–Crippen MR) is 92.1 cm³/mol. The summed E-state index contributed by atoms with van der Waals surface area (Å²) in [5, 5.41) is 0. The van der Waals surface area contributed by atoms with Gasteiger partial charge in [0.1, 0.15) is 12.4 Å². The number of hydrogen-bond donors (Lipinski definition) is 0. The van der Waals surface area contributed by atoms with Crippen LogP contribution in [0.25, 0.3) is 0 Å². The molecule has 3 nitrogen and oxygen atoms in total. The molecule has 0 saturated carbocycles. The zero-order valence-corrected chi connectivity index (χ0v) is 13.8. The Morgan fingerprint density at radius 3 is 2.61 bits per heavy atom. The molecule has 1 aliphatic carbocycles. The van der Waals surface area contributed by atoms with E-state index in [0.29, 0.717) is 6.42 Å². The van der Waals surface area contributed by atoms with Crippen LogP contribution in [0.2, 0.25) is 0 Å². The van der Waals surface area contributed by atoms with Crippen molar-refractivity contribution in [2.24, 2.45) is 0 Å². The predicted octanol–water partition coefficient (Wildman–Crippen LogP) is 3.79. The van der Waals surface area contributed by atoms with Gasteiger partial charge in [-0.3, -0.25) is 9.69 Å². The summed E-state index contributed by atoms with van der Waals surface area (Å²) in [6.07, 6.45) is 7.14. The maximum atomic E-state index is 12.5. The molecule has 0 unspecified atom stereocenters. The minimum atomic E-state index is 0.109. The van der Waals surface area contributed by atoms with Crippen molar-refractivity contribution in [1.29, 1.82) is 0 Å². The highest BCUT2D eigenvalue weighted by molar-refractivity contribution is 6.09. The van der Waals surface area contributed by atoms with Gasteiger partial charge in [-0.25, -0.2) is 0 Å². The van der Waals surface area contributed by atoms with Gasteiger partial charge in [0.25, 0.3) is 0 Å². The summed E-state index contributed by atoms with van der Waals surface area (Å²) in [6.45, 7) is 6.15. The van der Waals surface area contributed by atoms with Crippen LogP contribution in [0.1, 0.15) is 36.5 Å². The normalized spacial score (nSPS) is 18.9. The van der Waals surface area contributed by atoms with Crippen LogP contribution < -0.4 is 0 Å². The molecule has 0 bridgehead atoms. The van der Waals surface area contributed by atoms with Crippen molar-refractivity contribution in [1.82, 2.24) is 4.90 Å². The van der Waals surface area contributed by atoms with E-state index in [1.807, 2.05) is 49.8 Å². The highest BCUT2D eigenvalue weighted by Gasteiger charge is 2.19. The molecule has 1 aromatic rings. The van der Waals surface area contributed by atoms with E-state index < -0.39 is 0 Å². The Labute approximate surface area is 138 Å². The Balaban J connectivity index is 1.52. The van der Waals surface area contributed by atoms with Crippen LogP contribution in [-0.2, 0) is 4.74 Å². The molecule has 1 fully saturated rings. The molecule has 0 N–H and O–H groups in total. The number of likely N-dealkylation sites (tertiary alicyclic amines) is 1. The first-order valence-corrected chi connectivity index (χ1v) is 8.42. The summed E-state index contributed by atoms with van der Waals surface area (Å²) in [6, 6.07) is 9.45. The molecule has 3 heteroatoms. The van der Waals surface area contributed by atoms with Crippen LogP contribution in [0.3, 0.4) is 0 Å². The first-order valence-electron chi connectivity index (χ1n) is 8.42. The number of Topliss-reactive ketones (excluding diaryl/α,β-unsaturated/α-hetero) is 1. The van der Waals surface area contributed by atoms with Crippen molar-refractivity contribution in [2.45, 2.75) is 26.2 Å². The largest absolute Gasteiger partial charge is 0.496 e. The minimum Gasteiger partial charge on any atom is -0.496 e. The van der Waals surface area contributed by atoms with Gasteiger partial charge in [-0.15, -0.1) is 0 Å². The van der Waals surface area contributed by atoms with Crippen molar-refractivity contribution in [3.63, 3.8) is 0 Å². The van der Waals surface area contributed by atoms with Gasteiger partial charge in [0, 0.05) is 30.5 Å². The molecule has 1 aromatic carbocycles. The molecule has 1 radical (unpaired) electrons. The van der Waals surface area contributed by atoms with Gasteiger partial charge in [0.05, 0.1) is 0 Å². The highest BCUT2D eigenvalue weighted by atomic mass is 16.5. The molecule has 0 spiro atoms. The van der Waals surface area contributed by atoms with Gasteiger partial charge in [-0.1, -0.05) is 36.4 Å². The van der Waals surface area contributed by atoms with Crippen LogP contribution in [0, 0.1) is 6.42 Å². The fraction of sp³-hybridized carbons (Fsp3) is 0.400. The molecular weight excluding hydrogens is 286 g/mol. The fourth-order valence-electron chi connectivity index (χ4n) is 3.14. The summed E-state index contributed by atoms with van der Waals surface area (Å²) in [7, 11) is 0. The summed E-state index contributed by atoms with van der Waals surface area (Å²) in [5.41, 5.74) is 2.71. The van der Waals surface area contributed by atoms with Crippen LogP contribution in [0.5, 0.6) is 0 Å². The van der Waals surface area contributed by atoms with Crippen LogP contribution >= 0.6 is 0 Å². The topological polar surface area (TPSA) is 29.5 Å². The van der Waals surface area contributed by atoms with Crippen molar-refractivity contribution in [3.8, 4) is 0 Å². The van der Waals surface area contributed by atoms with Gasteiger partial charge in [-0.05, 0) is 38.4 Å². The number of ketones is 1. The smallest absolute Gasteiger partial charge is 0.189 e. The second-order valence-electron chi connectivity index (χ2n) is 6.27. The molecule has 2 aliphatic rings. The third-order valence-corrected chi connectivity index (χ3v) is 4.50. The van der Waals surface area contributed by atoms with Crippen LogP contribution in [0.4, 0.5) is 0 Å². The lowest BCUT2D eigenvalue weighted by Crippen LogP contribution is -2.24. The van der Waals surface area contributed by atoms with E-state index in [0.717, 1.165) is 35.6 Å². The lowest BCUT2D eigenvalue weighted by molar-refractivity contribution is 0.103. The average molecular weight is 310 g/mol. The molecule has 0 aromatic heterocycles. The zero-order valence-electron chi connectivity index (χ0n) is 13.8. The lowest BCUT2D eigenvalue weighted by Gasteiger charge is -2.20. The van der Waals surface area contributed by atoms with Crippen LogP contribution in [-0.4, -0.2) is 36.9 Å². The molecule has 121 valence electrons. The molecule has 1 saturated heterocycles. The third-order valence-electron chi connectivity index (χ3n) is 4.50. The maximum Gasteiger partial charge on any atom is 0.189 e. The quantitative estimate of drug-likeness (QED) is 0.749. The molecule has 0 amide bonds. The Bertz CT molecular complexity index is 610. The number of allylic oxidation sites excluding steroid dienone is 3. The number of benzene rings is 1. The van der Waals surface area contributed by atoms with Crippen molar-refractivity contribution in [2.75, 3.05) is 26.2 Å². The Morgan fingerprint density at radius 1 is 1.17 bits per heavy atom. The first kappa shape index (κ1) is 16.0. The van der Waals surface area contributed by atoms with Gasteiger partial charge < -0.3 is 4.74 Å². The highest BCUT2D eigenvalue weighted by Crippen LogP contribution is 2.26. The molecule has 1 aliphatic heterocycles. The molecule has 23 heavy (non-hydrogen) atoms. The summed E-state index contributed by atoms with van der Waals surface area (Å²) >= 11 is 0. The fourth-order valence-corrected chi connectivity index (χ4v) is 3.14. The second kappa shape index (κ2) is 7.60. The van der Waals surface area contributed by atoms with Crippen molar-refractivity contribution < 1.29 is 9.53 Å². The van der Waals surface area contributed by atoms with Gasteiger partial charge in [-0.2, -0.15) is 0 Å². The Hall–Kier alpha value is -1.87. The maximum absolute atomic E-state index is 12.5. The number of hydrogen-bond acceptors (Lipinski definition) is 3. The lowest BCUT2D eigenvalue weighted by atomic mass is 9.92. The van der Waals surface area contributed by atoms with E-state index in [1.165, 1.54) is 25.9 Å². The number of rotatable bonds is 6. The van der Waals surface area contributed by atoms with E-state index in [9.17, 15) is 4.79 Å². The standard InChI is InChI=1S/C20H24NO2/c1-16-15-18(20(22)17-7-3-2-4-8-17)9-10-19(16)23-14-13-21-11-5-6-12-21/h2-4,7-10H,5-6,11-15H2,1H3. The number of ether oxygens (including phenoxy) is 1. The molecule has 3 rings (SSSR count). The van der Waals surface area contributed by atoms with E-state index in [4.69, 9.17) is 4.74 Å². The average Bonchev–Trinajstić information content (AvgIpc) is 3.10. The minimum absolute atomic E-state index is 0.109. The third kappa shape index (κ3) is 4.11. The van der Waals surface area contributed by atoms with Gasteiger partial charge >= 0.3 is 0 Å². The number of nitrogens with zero attached hydrogens (tertiary/aromatic N) is 1. The van der Waals surface area contributed by atoms with E-state index in [2.05, 4.69) is 4.90 Å². The molecular formula is C20H24NO2. The van der Waals surface area contributed by atoms with Gasteiger partial charge in [0.15, 0.2) is 5.78 Å². The van der Waals surface area contributed by atoms with E-state index in [1.54, 1.807) is 0 Å². The first-order chi connectivity index (χ1) is 11.2. The Morgan fingerprint density at radius 2 is 1.91 bits per heavy atom. The SMILES string of the molecule is CC1=C(OCCN2CCCC2)[CH]C=C(C(=O)c2ccccc2)C1. The van der Waals surface area contributed by atoms with E-state index in [-0.39, 0.29) is 5.78 Å². The molecule has 0 atom stereocenters. The number of carbonyl (C=O) groups excluding carboxylic acids is 1. The van der Waals surface area contributed by atoms with E-state index >= 15 is 0 Å². The summed E-state index contributed by atoms with van der Waals surface area (Å²) in [5.74, 6) is 1.03. The Kier molecular flexibility index (Phi) is 5.29. The monoisotopic (exact) mass is 310 g/mol. The van der Waals surface area contributed by atoms with Gasteiger partial charge in [0.2, 0.25) is 0 Å². The van der Waals surface area contributed by atoms with Crippen molar-refractivity contribution >= 4 is 5.78 Å². The summed E-state index contributed by atoms with van der Waals surface area (Å²) < 4.78 is 5.92. The summed E-state index contributed by atoms with van der Waals surface area (Å²) in [4.78, 5) is 14.9. The second-order valence-corrected chi connectivity index (χ2v) is 6.27. The zero-order chi connectivity index (χ0) is 16.1. The van der Waals surface area contributed by atoms with Crippen LogP contribution in [0.15, 0.2) is 53.3 Å². The van der Waals surface area contributed by atoms with Crippen molar-refractivity contribution in [3.05, 3.63) is 65.3 Å². The number of carbonyl (C=O) groups is 1. The molecule has 1 heterocycles.